The van der Waals surface area contributed by atoms with Crippen LogP contribution in [-0.4, -0.2) is 11.1 Å². The molecule has 2 aromatic carbocycles. The summed E-state index contributed by atoms with van der Waals surface area (Å²) in [4.78, 5) is 0. The molecule has 2 N–H and O–H groups in total. The van der Waals surface area contributed by atoms with Crippen LogP contribution in [0.1, 0.15) is 42.9 Å². The first kappa shape index (κ1) is 15.3. The van der Waals surface area contributed by atoms with Gasteiger partial charge >= 0.3 is 0 Å². The fraction of sp³-hybridized carbons (Fsp3) is 0.400. The van der Waals surface area contributed by atoms with Crippen molar-refractivity contribution >= 4 is 0 Å². The Hall–Kier alpha value is -1.64. The van der Waals surface area contributed by atoms with Crippen molar-refractivity contribution in [2.75, 3.05) is 0 Å². The Bertz CT molecular complexity index is 554. The molecule has 1 aliphatic carbocycles. The zero-order valence-electron chi connectivity index (χ0n) is 13.0. The Labute approximate surface area is 133 Å². The van der Waals surface area contributed by atoms with Crippen LogP contribution in [0.4, 0.5) is 0 Å². The molecule has 0 saturated heterocycles. The average Bonchev–Trinajstić information content (AvgIpc) is 2.61. The van der Waals surface area contributed by atoms with E-state index in [1.54, 1.807) is 0 Å². The molecule has 0 heterocycles. The number of aliphatic hydroxyl groups is 1. The van der Waals surface area contributed by atoms with E-state index in [0.29, 0.717) is 12.0 Å². The van der Waals surface area contributed by atoms with Gasteiger partial charge in [0.25, 0.3) is 0 Å². The van der Waals surface area contributed by atoms with Gasteiger partial charge in [0.1, 0.15) is 0 Å². The number of nitrogens with one attached hydrogen (secondary N) is 1. The van der Waals surface area contributed by atoms with Crippen molar-refractivity contribution in [1.82, 2.24) is 5.32 Å². The monoisotopic (exact) mass is 295 g/mol. The minimum atomic E-state index is -0.366. The van der Waals surface area contributed by atoms with Gasteiger partial charge in [-0.05, 0) is 24.0 Å². The van der Waals surface area contributed by atoms with Crippen molar-refractivity contribution in [2.45, 2.75) is 44.4 Å². The maximum atomic E-state index is 10.8. The second-order valence-electron chi connectivity index (χ2n) is 6.28. The van der Waals surface area contributed by atoms with Gasteiger partial charge in [0.15, 0.2) is 0 Å². The van der Waals surface area contributed by atoms with Crippen LogP contribution in [-0.2, 0) is 6.54 Å². The van der Waals surface area contributed by atoms with Crippen LogP contribution in [0.5, 0.6) is 0 Å². The van der Waals surface area contributed by atoms with Crippen molar-refractivity contribution in [2.24, 2.45) is 5.92 Å². The summed E-state index contributed by atoms with van der Waals surface area (Å²) in [6.45, 7) is 0.878. The van der Waals surface area contributed by atoms with Gasteiger partial charge in [0.2, 0.25) is 0 Å². The first-order chi connectivity index (χ1) is 10.8. The lowest BCUT2D eigenvalue weighted by molar-refractivity contribution is 0.0610. The van der Waals surface area contributed by atoms with E-state index in [0.717, 1.165) is 24.9 Å². The van der Waals surface area contributed by atoms with E-state index in [9.17, 15) is 5.11 Å². The second-order valence-corrected chi connectivity index (χ2v) is 6.28. The van der Waals surface area contributed by atoms with Crippen molar-refractivity contribution in [3.05, 3.63) is 71.8 Å². The molecule has 116 valence electrons. The summed E-state index contributed by atoms with van der Waals surface area (Å²) in [5.74, 6) is 0.305. The lowest BCUT2D eigenvalue weighted by Gasteiger charge is -2.35. The number of hydrogen-bond donors (Lipinski definition) is 2. The molecule has 2 heteroatoms. The second kappa shape index (κ2) is 7.57. The average molecular weight is 295 g/mol. The fourth-order valence-corrected chi connectivity index (χ4v) is 3.53. The van der Waals surface area contributed by atoms with Crippen LogP contribution in [0.15, 0.2) is 60.7 Å². The molecule has 1 aliphatic rings. The van der Waals surface area contributed by atoms with Crippen molar-refractivity contribution in [3.63, 3.8) is 0 Å². The Morgan fingerprint density at radius 3 is 2.27 bits per heavy atom. The summed E-state index contributed by atoms with van der Waals surface area (Å²) in [5.41, 5.74) is 2.35. The van der Waals surface area contributed by atoms with Crippen LogP contribution < -0.4 is 5.32 Å². The molecule has 3 atom stereocenters. The first-order valence-electron chi connectivity index (χ1n) is 8.35. The highest BCUT2D eigenvalue weighted by Crippen LogP contribution is 2.34. The zero-order chi connectivity index (χ0) is 15.2. The van der Waals surface area contributed by atoms with Gasteiger partial charge in [-0.1, -0.05) is 73.5 Å². The molecule has 3 rings (SSSR count). The third-order valence-electron chi connectivity index (χ3n) is 4.78. The normalized spacial score (nSPS) is 23.1. The van der Waals surface area contributed by atoms with E-state index in [1.807, 2.05) is 36.4 Å². The molecular formula is C20H25NO. The maximum Gasteiger partial charge on any atom is 0.0833 e. The van der Waals surface area contributed by atoms with E-state index in [-0.39, 0.29) is 6.10 Å². The van der Waals surface area contributed by atoms with Crippen LogP contribution >= 0.6 is 0 Å². The molecule has 2 aromatic rings. The number of benzene rings is 2. The van der Waals surface area contributed by atoms with E-state index in [2.05, 4.69) is 29.6 Å². The van der Waals surface area contributed by atoms with E-state index in [4.69, 9.17) is 0 Å². The van der Waals surface area contributed by atoms with Gasteiger partial charge in [0, 0.05) is 18.5 Å². The van der Waals surface area contributed by atoms with Crippen LogP contribution in [0.25, 0.3) is 0 Å². The summed E-state index contributed by atoms with van der Waals surface area (Å²) in [5, 5.41) is 14.5. The van der Waals surface area contributed by atoms with Crippen molar-refractivity contribution < 1.29 is 5.11 Å². The molecular weight excluding hydrogens is 270 g/mol. The predicted octanol–water partition coefficient (Wildman–Crippen LogP) is 4.07. The van der Waals surface area contributed by atoms with Crippen molar-refractivity contribution in [1.29, 1.82) is 0 Å². The van der Waals surface area contributed by atoms with Gasteiger partial charge in [-0.15, -0.1) is 0 Å². The molecule has 1 fully saturated rings. The standard InChI is InChI=1S/C20H25NO/c22-20(17-11-5-2-6-12-17)18-13-7-8-14-19(18)21-15-16-9-3-1-4-10-16/h1-6,9-12,18-22H,7-8,13-15H2/t18-,19-,20-/m0/s1. The van der Waals surface area contributed by atoms with Gasteiger partial charge in [-0.25, -0.2) is 0 Å². The minimum absolute atomic E-state index is 0.305. The van der Waals surface area contributed by atoms with E-state index in [1.165, 1.54) is 18.4 Å². The molecule has 0 unspecified atom stereocenters. The van der Waals surface area contributed by atoms with Crippen LogP contribution in [0.3, 0.4) is 0 Å². The van der Waals surface area contributed by atoms with Crippen LogP contribution in [0, 0.1) is 5.92 Å². The largest absolute Gasteiger partial charge is 0.388 e. The molecule has 0 aliphatic heterocycles. The Morgan fingerprint density at radius 2 is 1.55 bits per heavy atom. The van der Waals surface area contributed by atoms with E-state index >= 15 is 0 Å². The van der Waals surface area contributed by atoms with Crippen LogP contribution in [0.2, 0.25) is 0 Å². The zero-order valence-corrected chi connectivity index (χ0v) is 13.0. The number of rotatable bonds is 5. The molecule has 22 heavy (non-hydrogen) atoms. The third kappa shape index (κ3) is 3.76. The Balaban J connectivity index is 1.66. The summed E-state index contributed by atoms with van der Waals surface area (Å²) >= 11 is 0. The van der Waals surface area contributed by atoms with Gasteiger partial charge < -0.3 is 10.4 Å². The molecule has 0 amide bonds. The highest BCUT2D eigenvalue weighted by molar-refractivity contribution is 5.19. The molecule has 0 spiro atoms. The molecule has 0 aromatic heterocycles. The van der Waals surface area contributed by atoms with E-state index < -0.39 is 0 Å². The van der Waals surface area contributed by atoms with Gasteiger partial charge in [-0.2, -0.15) is 0 Å². The predicted molar refractivity (Wildman–Crippen MR) is 90.4 cm³/mol. The smallest absolute Gasteiger partial charge is 0.0833 e. The summed E-state index contributed by atoms with van der Waals surface area (Å²) in [6.07, 6.45) is 4.36. The number of hydrogen-bond acceptors (Lipinski definition) is 2. The first-order valence-corrected chi connectivity index (χ1v) is 8.35. The molecule has 0 bridgehead atoms. The SMILES string of the molecule is O[C@@H](c1ccccc1)[C@H]1CCCC[C@@H]1NCc1ccccc1. The Morgan fingerprint density at radius 1 is 0.909 bits per heavy atom. The number of aliphatic hydroxyl groups excluding tert-OH is 1. The lowest BCUT2D eigenvalue weighted by atomic mass is 9.79. The summed E-state index contributed by atoms with van der Waals surface area (Å²) in [6, 6.07) is 21.0. The lowest BCUT2D eigenvalue weighted by Crippen LogP contribution is -2.41. The molecule has 2 nitrogen and oxygen atoms in total. The van der Waals surface area contributed by atoms with Crippen molar-refractivity contribution in [3.8, 4) is 0 Å². The molecule has 1 saturated carbocycles. The summed E-state index contributed by atoms with van der Waals surface area (Å²) in [7, 11) is 0. The highest BCUT2D eigenvalue weighted by atomic mass is 16.3. The van der Waals surface area contributed by atoms with Gasteiger partial charge in [0.05, 0.1) is 6.10 Å². The fourth-order valence-electron chi connectivity index (χ4n) is 3.53. The topological polar surface area (TPSA) is 32.3 Å². The minimum Gasteiger partial charge on any atom is -0.388 e. The molecule has 0 radical (unpaired) electrons. The van der Waals surface area contributed by atoms with Gasteiger partial charge in [-0.3, -0.25) is 0 Å². The third-order valence-corrected chi connectivity index (χ3v) is 4.78. The quantitative estimate of drug-likeness (QED) is 0.871. The Kier molecular flexibility index (Phi) is 5.25. The summed E-state index contributed by atoms with van der Waals surface area (Å²) < 4.78 is 0. The maximum absolute atomic E-state index is 10.8. The highest BCUT2D eigenvalue weighted by Gasteiger charge is 2.31.